The molecule has 0 heterocycles. The lowest BCUT2D eigenvalue weighted by Gasteiger charge is -2.16. The average Bonchev–Trinajstić information content (AvgIpc) is 2.38. The third-order valence-corrected chi connectivity index (χ3v) is 3.34. The molecule has 96 valence electrons. The minimum Gasteiger partial charge on any atom is -0.314 e. The first-order valence-corrected chi connectivity index (χ1v) is 7.14. The Labute approximate surface area is 107 Å². The molecule has 0 aliphatic rings. The quantitative estimate of drug-likeness (QED) is 0.631. The van der Waals surface area contributed by atoms with Gasteiger partial charge in [-0.1, -0.05) is 63.4 Å². The van der Waals surface area contributed by atoms with Gasteiger partial charge in [0.1, 0.15) is 0 Å². The van der Waals surface area contributed by atoms with Gasteiger partial charge < -0.3 is 5.32 Å². The van der Waals surface area contributed by atoms with Crippen LogP contribution in [0.3, 0.4) is 0 Å². The summed E-state index contributed by atoms with van der Waals surface area (Å²) < 4.78 is 0. The molecule has 0 aromatic heterocycles. The van der Waals surface area contributed by atoms with Gasteiger partial charge >= 0.3 is 0 Å². The van der Waals surface area contributed by atoms with Crippen LogP contribution in [-0.2, 0) is 6.42 Å². The molecule has 0 saturated carbocycles. The molecule has 0 bridgehead atoms. The summed E-state index contributed by atoms with van der Waals surface area (Å²) >= 11 is 0. The van der Waals surface area contributed by atoms with E-state index in [4.69, 9.17) is 0 Å². The highest BCUT2D eigenvalue weighted by molar-refractivity contribution is 5.14. The Morgan fingerprint density at radius 3 is 2.47 bits per heavy atom. The van der Waals surface area contributed by atoms with Crippen molar-refractivity contribution in [1.82, 2.24) is 5.32 Å². The van der Waals surface area contributed by atoms with Crippen LogP contribution in [0.2, 0.25) is 0 Å². The van der Waals surface area contributed by atoms with Gasteiger partial charge in [0.25, 0.3) is 0 Å². The van der Waals surface area contributed by atoms with E-state index in [1.165, 1.54) is 37.7 Å². The molecule has 0 fully saturated rings. The van der Waals surface area contributed by atoms with Crippen LogP contribution < -0.4 is 5.32 Å². The van der Waals surface area contributed by atoms with Crippen molar-refractivity contribution in [3.63, 3.8) is 0 Å². The van der Waals surface area contributed by atoms with E-state index in [1.54, 1.807) is 0 Å². The standard InChI is InChI=1S/C16H27N/c1-3-5-7-12-16(4-2)17-14-13-15-10-8-6-9-11-15/h6,8-11,16-17H,3-5,7,12-14H2,1-2H3. The summed E-state index contributed by atoms with van der Waals surface area (Å²) in [5.74, 6) is 0. The molecule has 1 aromatic carbocycles. The van der Waals surface area contributed by atoms with Crippen LogP contribution in [0.15, 0.2) is 30.3 Å². The second kappa shape index (κ2) is 9.23. The van der Waals surface area contributed by atoms with Gasteiger partial charge in [0, 0.05) is 6.04 Å². The summed E-state index contributed by atoms with van der Waals surface area (Å²) in [7, 11) is 0. The maximum Gasteiger partial charge on any atom is 0.00645 e. The van der Waals surface area contributed by atoms with Gasteiger partial charge in [0.05, 0.1) is 0 Å². The normalized spacial score (nSPS) is 12.6. The largest absolute Gasteiger partial charge is 0.314 e. The summed E-state index contributed by atoms with van der Waals surface area (Å²) in [6, 6.07) is 11.4. The Hall–Kier alpha value is -0.820. The van der Waals surface area contributed by atoms with Crippen molar-refractivity contribution in [2.24, 2.45) is 0 Å². The van der Waals surface area contributed by atoms with E-state index in [0.29, 0.717) is 6.04 Å². The summed E-state index contributed by atoms with van der Waals surface area (Å²) in [6.07, 6.45) is 7.79. The highest BCUT2D eigenvalue weighted by Gasteiger charge is 2.04. The van der Waals surface area contributed by atoms with Crippen LogP contribution in [0, 0.1) is 0 Å². The first-order valence-electron chi connectivity index (χ1n) is 7.14. The monoisotopic (exact) mass is 233 g/mol. The smallest absolute Gasteiger partial charge is 0.00645 e. The van der Waals surface area contributed by atoms with Crippen molar-refractivity contribution in [2.75, 3.05) is 6.54 Å². The van der Waals surface area contributed by atoms with Gasteiger partial charge in [0.15, 0.2) is 0 Å². The minimum absolute atomic E-state index is 0.713. The molecule has 0 radical (unpaired) electrons. The van der Waals surface area contributed by atoms with Crippen LogP contribution in [0.1, 0.15) is 51.5 Å². The highest BCUT2D eigenvalue weighted by Crippen LogP contribution is 2.06. The molecular weight excluding hydrogens is 206 g/mol. The average molecular weight is 233 g/mol. The zero-order valence-corrected chi connectivity index (χ0v) is 11.4. The lowest BCUT2D eigenvalue weighted by Crippen LogP contribution is -2.30. The first-order chi connectivity index (χ1) is 8.36. The third kappa shape index (κ3) is 6.48. The summed E-state index contributed by atoms with van der Waals surface area (Å²) in [5.41, 5.74) is 1.43. The second-order valence-corrected chi connectivity index (χ2v) is 4.79. The molecule has 1 atom stereocenters. The van der Waals surface area contributed by atoms with Gasteiger partial charge in [0.2, 0.25) is 0 Å². The molecule has 1 heteroatoms. The Kier molecular flexibility index (Phi) is 7.74. The van der Waals surface area contributed by atoms with E-state index in [9.17, 15) is 0 Å². The van der Waals surface area contributed by atoms with E-state index in [1.807, 2.05) is 0 Å². The molecule has 0 saturated heterocycles. The van der Waals surface area contributed by atoms with Gasteiger partial charge in [-0.15, -0.1) is 0 Å². The zero-order valence-electron chi connectivity index (χ0n) is 11.4. The van der Waals surface area contributed by atoms with Gasteiger partial charge in [-0.05, 0) is 31.4 Å². The minimum atomic E-state index is 0.713. The summed E-state index contributed by atoms with van der Waals surface area (Å²) in [4.78, 5) is 0. The van der Waals surface area contributed by atoms with Crippen molar-refractivity contribution in [1.29, 1.82) is 0 Å². The predicted octanol–water partition coefficient (Wildman–Crippen LogP) is 4.18. The number of benzene rings is 1. The Bertz CT molecular complexity index is 268. The van der Waals surface area contributed by atoms with Crippen molar-refractivity contribution < 1.29 is 0 Å². The fraction of sp³-hybridized carbons (Fsp3) is 0.625. The molecule has 0 aliphatic carbocycles. The molecular formula is C16H27N. The maximum atomic E-state index is 3.68. The van der Waals surface area contributed by atoms with Crippen LogP contribution in [-0.4, -0.2) is 12.6 Å². The number of hydrogen-bond donors (Lipinski definition) is 1. The molecule has 0 aliphatic heterocycles. The lowest BCUT2D eigenvalue weighted by molar-refractivity contribution is 0.450. The topological polar surface area (TPSA) is 12.0 Å². The van der Waals surface area contributed by atoms with Crippen molar-refractivity contribution in [2.45, 2.75) is 58.4 Å². The molecule has 1 N–H and O–H groups in total. The van der Waals surface area contributed by atoms with Crippen molar-refractivity contribution in [3.05, 3.63) is 35.9 Å². The van der Waals surface area contributed by atoms with Crippen LogP contribution in [0.5, 0.6) is 0 Å². The van der Waals surface area contributed by atoms with E-state index in [2.05, 4.69) is 49.5 Å². The van der Waals surface area contributed by atoms with Gasteiger partial charge in [-0.25, -0.2) is 0 Å². The molecule has 1 rings (SSSR count). The van der Waals surface area contributed by atoms with E-state index in [-0.39, 0.29) is 0 Å². The summed E-state index contributed by atoms with van der Waals surface area (Å²) in [5, 5.41) is 3.68. The van der Waals surface area contributed by atoms with E-state index >= 15 is 0 Å². The molecule has 1 nitrogen and oxygen atoms in total. The van der Waals surface area contributed by atoms with Crippen LogP contribution >= 0.6 is 0 Å². The Morgan fingerprint density at radius 2 is 1.82 bits per heavy atom. The lowest BCUT2D eigenvalue weighted by atomic mass is 10.1. The zero-order chi connectivity index (χ0) is 12.3. The van der Waals surface area contributed by atoms with Crippen LogP contribution in [0.25, 0.3) is 0 Å². The van der Waals surface area contributed by atoms with Gasteiger partial charge in [-0.2, -0.15) is 0 Å². The number of rotatable bonds is 9. The Morgan fingerprint density at radius 1 is 1.06 bits per heavy atom. The van der Waals surface area contributed by atoms with Crippen LogP contribution in [0.4, 0.5) is 0 Å². The number of unbranched alkanes of at least 4 members (excludes halogenated alkanes) is 2. The van der Waals surface area contributed by atoms with E-state index < -0.39 is 0 Å². The molecule has 17 heavy (non-hydrogen) atoms. The third-order valence-electron chi connectivity index (χ3n) is 3.34. The van der Waals surface area contributed by atoms with Crippen molar-refractivity contribution in [3.8, 4) is 0 Å². The second-order valence-electron chi connectivity index (χ2n) is 4.79. The van der Waals surface area contributed by atoms with E-state index in [0.717, 1.165) is 13.0 Å². The highest BCUT2D eigenvalue weighted by atomic mass is 14.9. The molecule has 1 aromatic rings. The number of nitrogens with one attached hydrogen (secondary N) is 1. The number of hydrogen-bond acceptors (Lipinski definition) is 1. The van der Waals surface area contributed by atoms with Gasteiger partial charge in [-0.3, -0.25) is 0 Å². The summed E-state index contributed by atoms with van der Waals surface area (Å²) in [6.45, 7) is 5.66. The maximum absolute atomic E-state index is 3.68. The first kappa shape index (κ1) is 14.2. The SMILES string of the molecule is CCCCCC(CC)NCCc1ccccc1. The molecule has 0 amide bonds. The fourth-order valence-electron chi connectivity index (χ4n) is 2.16. The predicted molar refractivity (Wildman–Crippen MR) is 76.4 cm³/mol. The fourth-order valence-corrected chi connectivity index (χ4v) is 2.16. The molecule has 1 unspecified atom stereocenters. The van der Waals surface area contributed by atoms with Crippen molar-refractivity contribution >= 4 is 0 Å². The Balaban J connectivity index is 2.15. The molecule has 0 spiro atoms.